The number of ketones is 1. The molecule has 2 heterocycles. The Bertz CT molecular complexity index is 1020. The predicted molar refractivity (Wildman–Crippen MR) is 104 cm³/mol. The number of allylic oxidation sites excluding steroid dienone is 1. The number of benzene rings is 2. The zero-order valence-corrected chi connectivity index (χ0v) is 15.8. The van der Waals surface area contributed by atoms with Gasteiger partial charge in [0.05, 0.1) is 11.5 Å². The van der Waals surface area contributed by atoms with Crippen LogP contribution in [0.4, 0.5) is 0 Å². The van der Waals surface area contributed by atoms with Gasteiger partial charge >= 0.3 is 5.97 Å². The summed E-state index contributed by atoms with van der Waals surface area (Å²) in [4.78, 5) is 25.0. The lowest BCUT2D eigenvalue weighted by atomic mass is 9.89. The lowest BCUT2D eigenvalue weighted by Gasteiger charge is -2.19. The van der Waals surface area contributed by atoms with E-state index in [0.717, 1.165) is 31.2 Å². The van der Waals surface area contributed by atoms with Gasteiger partial charge in [-0.25, -0.2) is 0 Å². The average Bonchev–Trinajstić information content (AvgIpc) is 3.33. The van der Waals surface area contributed by atoms with Crippen molar-refractivity contribution in [3.63, 3.8) is 0 Å². The number of carbonyl (C=O) groups excluding carboxylic acids is 2. The number of carbonyl (C=O) groups is 2. The Morgan fingerprint density at radius 3 is 2.66 bits per heavy atom. The van der Waals surface area contributed by atoms with E-state index < -0.39 is 0 Å². The highest BCUT2D eigenvalue weighted by Crippen LogP contribution is 2.37. The second kappa shape index (κ2) is 7.28. The third-order valence-corrected chi connectivity index (χ3v) is 5.49. The van der Waals surface area contributed by atoms with E-state index in [9.17, 15) is 9.59 Å². The quantitative estimate of drug-likeness (QED) is 0.435. The van der Waals surface area contributed by atoms with Crippen LogP contribution in [0.25, 0.3) is 6.08 Å². The van der Waals surface area contributed by atoms with E-state index in [1.54, 1.807) is 36.4 Å². The first-order valence-corrected chi connectivity index (χ1v) is 9.87. The Morgan fingerprint density at radius 1 is 0.966 bits per heavy atom. The van der Waals surface area contributed by atoms with Crippen LogP contribution in [0.3, 0.4) is 0 Å². The minimum atomic E-state index is -0.206. The lowest BCUT2D eigenvalue weighted by molar-refractivity contribution is -0.139. The normalized spacial score (nSPS) is 19.2. The summed E-state index contributed by atoms with van der Waals surface area (Å²) in [7, 11) is 0. The molecular weight excluding hydrogens is 372 g/mol. The van der Waals surface area contributed by atoms with Crippen molar-refractivity contribution in [1.29, 1.82) is 0 Å². The molecule has 6 nitrogen and oxygen atoms in total. The first-order chi connectivity index (χ1) is 14.2. The second-order valence-corrected chi connectivity index (χ2v) is 7.47. The van der Waals surface area contributed by atoms with Crippen molar-refractivity contribution in [1.82, 2.24) is 0 Å². The van der Waals surface area contributed by atoms with Gasteiger partial charge in [0.1, 0.15) is 11.5 Å². The zero-order chi connectivity index (χ0) is 19.8. The summed E-state index contributed by atoms with van der Waals surface area (Å²) >= 11 is 0. The molecule has 6 heteroatoms. The monoisotopic (exact) mass is 392 g/mol. The molecule has 0 radical (unpaired) electrons. The van der Waals surface area contributed by atoms with E-state index in [1.807, 2.05) is 6.07 Å². The molecule has 3 aliphatic rings. The van der Waals surface area contributed by atoms with E-state index in [4.69, 9.17) is 18.9 Å². The van der Waals surface area contributed by atoms with Crippen LogP contribution in [-0.2, 0) is 4.79 Å². The number of hydrogen-bond acceptors (Lipinski definition) is 6. The van der Waals surface area contributed by atoms with Crippen molar-refractivity contribution in [2.75, 3.05) is 6.79 Å². The molecule has 29 heavy (non-hydrogen) atoms. The largest absolute Gasteiger partial charge is 0.454 e. The van der Waals surface area contributed by atoms with Gasteiger partial charge in [0.25, 0.3) is 0 Å². The lowest BCUT2D eigenvalue weighted by Crippen LogP contribution is -2.22. The molecule has 0 N–H and O–H groups in total. The number of Topliss-reactive ketones (excluding diaryl/α,β-unsaturated/α-hetero) is 1. The molecule has 0 bridgehead atoms. The fraction of sp³-hybridized carbons (Fsp3) is 0.304. The number of rotatable bonds is 3. The van der Waals surface area contributed by atoms with Crippen LogP contribution in [0.1, 0.15) is 48.0 Å². The van der Waals surface area contributed by atoms with Crippen molar-refractivity contribution in [3.8, 4) is 23.0 Å². The van der Waals surface area contributed by atoms with Crippen molar-refractivity contribution in [2.24, 2.45) is 5.92 Å². The van der Waals surface area contributed by atoms with Crippen LogP contribution in [0, 0.1) is 5.92 Å². The van der Waals surface area contributed by atoms with E-state index in [-0.39, 0.29) is 30.2 Å². The number of esters is 1. The molecule has 2 aromatic rings. The van der Waals surface area contributed by atoms with Crippen LogP contribution in [0.15, 0.2) is 42.2 Å². The van der Waals surface area contributed by atoms with Crippen LogP contribution >= 0.6 is 0 Å². The maximum absolute atomic E-state index is 12.7. The molecule has 0 spiro atoms. The molecule has 1 aliphatic carbocycles. The highest BCUT2D eigenvalue weighted by molar-refractivity contribution is 6.14. The van der Waals surface area contributed by atoms with Gasteiger partial charge in [0, 0.05) is 6.07 Å². The third-order valence-electron chi connectivity index (χ3n) is 5.49. The Balaban J connectivity index is 1.33. The number of ether oxygens (including phenoxy) is 4. The molecule has 148 valence electrons. The Kier molecular flexibility index (Phi) is 4.46. The molecule has 1 fully saturated rings. The van der Waals surface area contributed by atoms with Crippen molar-refractivity contribution in [3.05, 3.63) is 53.3 Å². The molecule has 0 atom stereocenters. The summed E-state index contributed by atoms with van der Waals surface area (Å²) in [6.07, 6.45) is 6.72. The van der Waals surface area contributed by atoms with Crippen molar-refractivity contribution in [2.45, 2.75) is 32.1 Å². The molecule has 1 saturated carbocycles. The average molecular weight is 392 g/mol. The van der Waals surface area contributed by atoms with Crippen LogP contribution in [0.2, 0.25) is 0 Å². The Labute approximate surface area is 168 Å². The molecule has 0 unspecified atom stereocenters. The van der Waals surface area contributed by atoms with Gasteiger partial charge in [-0.3, -0.25) is 9.59 Å². The molecule has 5 rings (SSSR count). The van der Waals surface area contributed by atoms with Crippen molar-refractivity contribution < 1.29 is 28.5 Å². The van der Waals surface area contributed by atoms with E-state index in [1.165, 1.54) is 6.42 Å². The maximum Gasteiger partial charge on any atom is 0.314 e. The SMILES string of the molecule is O=C1/C(=C/c2ccc3c(c2)OCO3)Oc2cc(OC(=O)C3CCCCC3)ccc21. The summed E-state index contributed by atoms with van der Waals surface area (Å²) in [5.74, 6) is 1.88. The summed E-state index contributed by atoms with van der Waals surface area (Å²) in [6.45, 7) is 0.193. The number of hydrogen-bond donors (Lipinski definition) is 0. The van der Waals surface area contributed by atoms with Crippen LogP contribution < -0.4 is 18.9 Å². The van der Waals surface area contributed by atoms with Gasteiger partial charge in [-0.1, -0.05) is 25.3 Å². The third kappa shape index (κ3) is 3.46. The van der Waals surface area contributed by atoms with E-state index in [2.05, 4.69) is 0 Å². The standard InChI is InChI=1S/C23H20O6/c24-22-17-8-7-16(28-23(25)15-4-2-1-3-5-15)12-19(17)29-21(22)11-14-6-9-18-20(10-14)27-13-26-18/h6-12,15H,1-5,13H2/b21-11-. The summed E-state index contributed by atoms with van der Waals surface area (Å²) < 4.78 is 22.0. The topological polar surface area (TPSA) is 71.1 Å². The molecule has 0 aromatic heterocycles. The predicted octanol–water partition coefficient (Wildman–Crippen LogP) is 4.52. The van der Waals surface area contributed by atoms with E-state index >= 15 is 0 Å². The Hall–Kier alpha value is -3.28. The molecule has 0 amide bonds. The van der Waals surface area contributed by atoms with Crippen LogP contribution in [-0.4, -0.2) is 18.5 Å². The molecule has 2 aliphatic heterocycles. The zero-order valence-electron chi connectivity index (χ0n) is 15.8. The fourth-order valence-electron chi connectivity index (χ4n) is 3.92. The van der Waals surface area contributed by atoms with Crippen molar-refractivity contribution >= 4 is 17.8 Å². The summed E-state index contributed by atoms with van der Waals surface area (Å²) in [6, 6.07) is 10.3. The van der Waals surface area contributed by atoms with Crippen LogP contribution in [0.5, 0.6) is 23.0 Å². The van der Waals surface area contributed by atoms with Gasteiger partial charge in [-0.2, -0.15) is 0 Å². The second-order valence-electron chi connectivity index (χ2n) is 7.47. The van der Waals surface area contributed by atoms with Gasteiger partial charge in [0.15, 0.2) is 17.3 Å². The summed E-state index contributed by atoms with van der Waals surface area (Å²) in [5, 5.41) is 0. The van der Waals surface area contributed by atoms with Gasteiger partial charge in [-0.05, 0) is 48.7 Å². The smallest absolute Gasteiger partial charge is 0.314 e. The summed E-state index contributed by atoms with van der Waals surface area (Å²) in [5.41, 5.74) is 1.23. The number of fused-ring (bicyclic) bond motifs is 2. The first-order valence-electron chi connectivity index (χ1n) is 9.87. The minimum Gasteiger partial charge on any atom is -0.454 e. The molecule has 2 aromatic carbocycles. The van der Waals surface area contributed by atoms with Gasteiger partial charge in [0.2, 0.25) is 12.6 Å². The fourth-order valence-corrected chi connectivity index (χ4v) is 3.92. The van der Waals surface area contributed by atoms with E-state index in [0.29, 0.717) is 28.6 Å². The van der Waals surface area contributed by atoms with Gasteiger partial charge < -0.3 is 18.9 Å². The highest BCUT2D eigenvalue weighted by atomic mass is 16.7. The Morgan fingerprint density at radius 2 is 1.79 bits per heavy atom. The maximum atomic E-state index is 12.7. The minimum absolute atomic E-state index is 0.0407. The molecular formula is C23H20O6. The first kappa shape index (κ1) is 17.8. The molecule has 0 saturated heterocycles. The van der Waals surface area contributed by atoms with Gasteiger partial charge in [-0.15, -0.1) is 0 Å². The highest BCUT2D eigenvalue weighted by Gasteiger charge is 2.29.